The second kappa shape index (κ2) is 5.04. The van der Waals surface area contributed by atoms with E-state index in [4.69, 9.17) is 0 Å². The number of fused-ring (bicyclic) bond motifs is 5. The highest BCUT2D eigenvalue weighted by atomic mass is 16.3. The van der Waals surface area contributed by atoms with E-state index in [0.717, 1.165) is 35.6 Å². The van der Waals surface area contributed by atoms with Crippen molar-refractivity contribution in [2.45, 2.75) is 57.4 Å². The summed E-state index contributed by atoms with van der Waals surface area (Å²) in [5, 5.41) is 13.3. The normalized spacial score (nSPS) is 51.9. The lowest BCUT2D eigenvalue weighted by Gasteiger charge is -2.33. The van der Waals surface area contributed by atoms with Crippen molar-refractivity contribution in [2.75, 3.05) is 13.2 Å². The van der Waals surface area contributed by atoms with Crippen LogP contribution in [0.5, 0.6) is 0 Å². The van der Waals surface area contributed by atoms with Crippen LogP contribution in [0.25, 0.3) is 0 Å². The van der Waals surface area contributed by atoms with Crippen molar-refractivity contribution in [3.8, 4) is 0 Å². The Kier molecular flexibility index (Phi) is 3.35. The molecule has 2 nitrogen and oxygen atoms in total. The van der Waals surface area contributed by atoms with Crippen LogP contribution in [0.3, 0.4) is 0 Å². The summed E-state index contributed by atoms with van der Waals surface area (Å²) in [6, 6.07) is 0.823. The van der Waals surface area contributed by atoms with Crippen LogP contribution in [0, 0.1) is 35.5 Å². The lowest BCUT2D eigenvalue weighted by molar-refractivity contribution is 0.173. The van der Waals surface area contributed by atoms with Crippen molar-refractivity contribution in [1.29, 1.82) is 0 Å². The minimum atomic E-state index is 0.410. The minimum absolute atomic E-state index is 0.410. The van der Waals surface area contributed by atoms with Crippen molar-refractivity contribution < 1.29 is 5.11 Å². The van der Waals surface area contributed by atoms with Crippen LogP contribution < -0.4 is 5.32 Å². The van der Waals surface area contributed by atoms with Crippen LogP contribution in [0.15, 0.2) is 0 Å². The molecule has 2 bridgehead atoms. The van der Waals surface area contributed by atoms with Gasteiger partial charge in [-0.1, -0.05) is 12.8 Å². The molecule has 0 spiro atoms. The average molecular weight is 263 g/mol. The number of hydrogen-bond donors (Lipinski definition) is 2. The smallest absolute Gasteiger partial charge is 0.0462 e. The summed E-state index contributed by atoms with van der Waals surface area (Å²) in [5.41, 5.74) is 0. The Morgan fingerprint density at radius 2 is 1.63 bits per heavy atom. The van der Waals surface area contributed by atoms with Gasteiger partial charge in [0.05, 0.1) is 0 Å². The van der Waals surface area contributed by atoms with Gasteiger partial charge >= 0.3 is 0 Å². The van der Waals surface area contributed by atoms with Crippen molar-refractivity contribution >= 4 is 0 Å². The number of nitrogens with one attached hydrogen (secondary N) is 1. The van der Waals surface area contributed by atoms with E-state index in [9.17, 15) is 5.11 Å². The van der Waals surface area contributed by atoms with Gasteiger partial charge in [-0.3, -0.25) is 0 Å². The Hall–Kier alpha value is -0.0800. The van der Waals surface area contributed by atoms with Crippen LogP contribution in [0.2, 0.25) is 0 Å². The van der Waals surface area contributed by atoms with E-state index in [1.807, 2.05) is 0 Å². The quantitative estimate of drug-likeness (QED) is 0.817. The van der Waals surface area contributed by atoms with Gasteiger partial charge in [0.1, 0.15) is 0 Å². The van der Waals surface area contributed by atoms with Crippen LogP contribution in [0.1, 0.15) is 51.4 Å². The summed E-state index contributed by atoms with van der Waals surface area (Å²) in [7, 11) is 0. The number of hydrogen-bond acceptors (Lipinski definition) is 2. The Bertz CT molecular complexity index is 331. The zero-order valence-electron chi connectivity index (χ0n) is 12.1. The number of aliphatic hydroxyl groups excluding tert-OH is 1. The Labute approximate surface area is 117 Å². The summed E-state index contributed by atoms with van der Waals surface area (Å²) in [6.45, 7) is 1.59. The third-order valence-electron chi connectivity index (χ3n) is 7.12. The standard InChI is InChI=1S/C17H29NO/c19-10-12-4-1-3-11(12)9-18-17-8-13-7-16(17)15-6-2-5-14(13)15/h11-19H,1-10H2. The first kappa shape index (κ1) is 12.6. The molecule has 2 N–H and O–H groups in total. The summed E-state index contributed by atoms with van der Waals surface area (Å²) in [6.07, 6.45) is 11.5. The molecule has 0 heterocycles. The second-order valence-electron chi connectivity index (χ2n) is 7.80. The molecule has 4 fully saturated rings. The van der Waals surface area contributed by atoms with Crippen molar-refractivity contribution in [2.24, 2.45) is 35.5 Å². The zero-order valence-corrected chi connectivity index (χ0v) is 12.1. The van der Waals surface area contributed by atoms with Gasteiger partial charge in [-0.15, -0.1) is 0 Å². The molecule has 4 aliphatic rings. The first-order valence-corrected chi connectivity index (χ1v) is 8.71. The molecule has 0 amide bonds. The maximum atomic E-state index is 9.43. The third kappa shape index (κ3) is 2.06. The lowest BCUT2D eigenvalue weighted by atomic mass is 9.79. The van der Waals surface area contributed by atoms with E-state index in [-0.39, 0.29) is 0 Å². The van der Waals surface area contributed by atoms with Gasteiger partial charge in [0, 0.05) is 12.6 Å². The van der Waals surface area contributed by atoms with Gasteiger partial charge in [0.25, 0.3) is 0 Å². The van der Waals surface area contributed by atoms with Gasteiger partial charge in [-0.2, -0.15) is 0 Å². The maximum Gasteiger partial charge on any atom is 0.0462 e. The first-order chi connectivity index (χ1) is 9.36. The van der Waals surface area contributed by atoms with E-state index in [1.54, 1.807) is 0 Å². The van der Waals surface area contributed by atoms with E-state index in [2.05, 4.69) is 5.32 Å². The molecule has 7 atom stereocenters. The van der Waals surface area contributed by atoms with Crippen LogP contribution in [0.4, 0.5) is 0 Å². The molecule has 7 unspecified atom stereocenters. The van der Waals surface area contributed by atoms with E-state index < -0.39 is 0 Å². The average Bonchev–Trinajstić information content (AvgIpc) is 3.16. The largest absolute Gasteiger partial charge is 0.396 e. The molecule has 4 aliphatic carbocycles. The first-order valence-electron chi connectivity index (χ1n) is 8.71. The van der Waals surface area contributed by atoms with Gasteiger partial charge in [-0.05, 0) is 80.6 Å². The van der Waals surface area contributed by atoms with Crippen LogP contribution in [-0.4, -0.2) is 24.3 Å². The molecule has 108 valence electrons. The lowest BCUT2D eigenvalue weighted by Crippen LogP contribution is -2.42. The molecule has 0 saturated heterocycles. The molecule has 0 aliphatic heterocycles. The molecule has 0 aromatic heterocycles. The predicted molar refractivity (Wildman–Crippen MR) is 76.8 cm³/mol. The second-order valence-corrected chi connectivity index (χ2v) is 7.80. The zero-order chi connectivity index (χ0) is 12.8. The Morgan fingerprint density at radius 1 is 0.842 bits per heavy atom. The van der Waals surface area contributed by atoms with Crippen molar-refractivity contribution in [1.82, 2.24) is 5.32 Å². The SMILES string of the molecule is OCC1CCCC1CNC1CC2CC1C1CCCC21. The number of aliphatic hydroxyl groups is 1. The van der Waals surface area contributed by atoms with Crippen LogP contribution in [-0.2, 0) is 0 Å². The molecule has 0 aromatic carbocycles. The van der Waals surface area contributed by atoms with Gasteiger partial charge in [0.15, 0.2) is 0 Å². The Balaban J connectivity index is 1.33. The van der Waals surface area contributed by atoms with E-state index in [0.29, 0.717) is 12.5 Å². The van der Waals surface area contributed by atoms with Gasteiger partial charge in [-0.25, -0.2) is 0 Å². The molecular weight excluding hydrogens is 234 g/mol. The molecule has 19 heavy (non-hydrogen) atoms. The fourth-order valence-corrected chi connectivity index (χ4v) is 6.23. The summed E-state index contributed by atoms with van der Waals surface area (Å²) >= 11 is 0. The third-order valence-corrected chi connectivity index (χ3v) is 7.12. The molecule has 0 aromatic rings. The molecule has 2 heteroatoms. The highest BCUT2D eigenvalue weighted by molar-refractivity contribution is 5.05. The minimum Gasteiger partial charge on any atom is -0.396 e. The highest BCUT2D eigenvalue weighted by Crippen LogP contribution is 2.58. The fourth-order valence-electron chi connectivity index (χ4n) is 6.23. The van der Waals surface area contributed by atoms with Gasteiger partial charge < -0.3 is 10.4 Å². The van der Waals surface area contributed by atoms with E-state index >= 15 is 0 Å². The molecular formula is C17H29NO. The summed E-state index contributed by atoms with van der Waals surface area (Å²) < 4.78 is 0. The topological polar surface area (TPSA) is 32.3 Å². The molecule has 0 radical (unpaired) electrons. The summed E-state index contributed by atoms with van der Waals surface area (Å²) in [4.78, 5) is 0. The predicted octanol–water partition coefficient (Wildman–Crippen LogP) is 2.81. The highest BCUT2D eigenvalue weighted by Gasteiger charge is 2.53. The maximum absolute atomic E-state index is 9.43. The van der Waals surface area contributed by atoms with E-state index in [1.165, 1.54) is 57.9 Å². The monoisotopic (exact) mass is 263 g/mol. The van der Waals surface area contributed by atoms with Crippen molar-refractivity contribution in [3.05, 3.63) is 0 Å². The van der Waals surface area contributed by atoms with Gasteiger partial charge in [0.2, 0.25) is 0 Å². The van der Waals surface area contributed by atoms with Crippen molar-refractivity contribution in [3.63, 3.8) is 0 Å². The molecule has 4 rings (SSSR count). The fraction of sp³-hybridized carbons (Fsp3) is 1.00. The molecule has 4 saturated carbocycles. The summed E-state index contributed by atoms with van der Waals surface area (Å²) in [5.74, 6) is 5.60. The number of rotatable bonds is 4. The van der Waals surface area contributed by atoms with Crippen LogP contribution >= 0.6 is 0 Å². The Morgan fingerprint density at radius 3 is 2.53 bits per heavy atom.